The van der Waals surface area contributed by atoms with Crippen LogP contribution in [-0.4, -0.2) is 20.9 Å². The number of carbonyl (C=O) groups excluding carboxylic acids is 1. The van der Waals surface area contributed by atoms with Crippen LogP contribution in [0.5, 0.6) is 0 Å². The Hall–Kier alpha value is -3.12. The Bertz CT molecular complexity index is 1270. The molecule has 0 spiro atoms. The van der Waals surface area contributed by atoms with E-state index in [1.54, 1.807) is 42.2 Å². The van der Waals surface area contributed by atoms with Crippen molar-refractivity contribution < 1.29 is 13.2 Å². The predicted octanol–water partition coefficient (Wildman–Crippen LogP) is 5.30. The molecule has 0 saturated heterocycles. The number of amides is 1. The summed E-state index contributed by atoms with van der Waals surface area (Å²) in [4.78, 5) is 15.0. The fourth-order valence-electron chi connectivity index (χ4n) is 3.95. The highest BCUT2D eigenvalue weighted by molar-refractivity contribution is 7.92. The van der Waals surface area contributed by atoms with Gasteiger partial charge in [0.05, 0.1) is 4.90 Å². The number of carbonyl (C=O) groups is 1. The van der Waals surface area contributed by atoms with Crippen molar-refractivity contribution >= 4 is 27.3 Å². The maximum Gasteiger partial charge on any atom is 0.262 e. The van der Waals surface area contributed by atoms with Crippen LogP contribution in [0.1, 0.15) is 47.8 Å². The maximum absolute atomic E-state index is 13.1. The van der Waals surface area contributed by atoms with E-state index in [0.717, 1.165) is 23.2 Å². The van der Waals surface area contributed by atoms with Gasteiger partial charge in [-0.15, -0.1) is 0 Å². The van der Waals surface area contributed by atoms with Crippen LogP contribution >= 0.6 is 0 Å². The molecule has 0 aromatic heterocycles. The van der Waals surface area contributed by atoms with E-state index in [1.807, 2.05) is 36.4 Å². The van der Waals surface area contributed by atoms with Crippen molar-refractivity contribution in [3.05, 3.63) is 89.0 Å². The summed E-state index contributed by atoms with van der Waals surface area (Å²) in [5.41, 5.74) is 4.53. The minimum Gasteiger partial charge on any atom is -0.308 e. The molecule has 1 aliphatic rings. The van der Waals surface area contributed by atoms with Crippen LogP contribution in [0.15, 0.2) is 71.6 Å². The molecular formula is C26H28N2O3S. The van der Waals surface area contributed by atoms with Gasteiger partial charge < -0.3 is 4.90 Å². The standard InChI is InChI=1S/C26H28N2O3S/c1-18-9-12-21(26(2,3)4)17-24(18)32(30,31)27-22-13-10-20(11-14-22)25(29)28-16-15-19-7-5-6-8-23(19)28/h5-14,17,27H,15-16H2,1-4H3. The second kappa shape index (κ2) is 8.10. The lowest BCUT2D eigenvalue weighted by Gasteiger charge is -2.21. The molecule has 0 aliphatic carbocycles. The molecule has 6 heteroatoms. The maximum atomic E-state index is 13.1. The van der Waals surface area contributed by atoms with Crippen molar-refractivity contribution in [2.45, 2.75) is 44.4 Å². The zero-order valence-corrected chi connectivity index (χ0v) is 19.7. The van der Waals surface area contributed by atoms with Crippen molar-refractivity contribution in [2.24, 2.45) is 0 Å². The molecule has 0 bridgehead atoms. The molecule has 32 heavy (non-hydrogen) atoms. The van der Waals surface area contributed by atoms with Gasteiger partial charge in [0.1, 0.15) is 0 Å². The Kier molecular flexibility index (Phi) is 5.59. The number of sulfonamides is 1. The molecule has 1 aliphatic heterocycles. The number of nitrogens with one attached hydrogen (secondary N) is 1. The van der Waals surface area contributed by atoms with Crippen LogP contribution in [0.25, 0.3) is 0 Å². The number of nitrogens with zero attached hydrogens (tertiary/aromatic N) is 1. The minimum absolute atomic E-state index is 0.0851. The first-order chi connectivity index (χ1) is 15.1. The van der Waals surface area contributed by atoms with Gasteiger partial charge in [0.25, 0.3) is 15.9 Å². The lowest BCUT2D eigenvalue weighted by atomic mass is 9.87. The number of aryl methyl sites for hydroxylation is 1. The Labute approximate surface area is 190 Å². The molecule has 166 valence electrons. The number of benzene rings is 3. The van der Waals surface area contributed by atoms with Gasteiger partial charge in [0.15, 0.2) is 0 Å². The van der Waals surface area contributed by atoms with E-state index >= 15 is 0 Å². The van der Waals surface area contributed by atoms with Crippen molar-refractivity contribution in [3.8, 4) is 0 Å². The highest BCUT2D eigenvalue weighted by atomic mass is 32.2. The average molecular weight is 449 g/mol. The molecule has 0 saturated carbocycles. The molecule has 1 amide bonds. The van der Waals surface area contributed by atoms with E-state index in [-0.39, 0.29) is 16.2 Å². The van der Waals surface area contributed by atoms with Crippen LogP contribution in [0.2, 0.25) is 0 Å². The molecule has 0 radical (unpaired) electrons. The van der Waals surface area contributed by atoms with E-state index in [0.29, 0.717) is 23.4 Å². The number of anilines is 2. The highest BCUT2D eigenvalue weighted by Crippen LogP contribution is 2.30. The van der Waals surface area contributed by atoms with Crippen LogP contribution < -0.4 is 9.62 Å². The average Bonchev–Trinajstić information content (AvgIpc) is 3.17. The topological polar surface area (TPSA) is 66.5 Å². The molecule has 0 fully saturated rings. The number of para-hydroxylation sites is 1. The van der Waals surface area contributed by atoms with E-state index in [9.17, 15) is 13.2 Å². The molecular weight excluding hydrogens is 420 g/mol. The molecule has 1 heterocycles. The number of fused-ring (bicyclic) bond motifs is 1. The third-order valence-corrected chi connectivity index (χ3v) is 7.38. The van der Waals surface area contributed by atoms with Gasteiger partial charge in [-0.25, -0.2) is 8.42 Å². The zero-order chi connectivity index (χ0) is 23.1. The number of rotatable bonds is 4. The van der Waals surface area contributed by atoms with E-state index in [1.165, 1.54) is 0 Å². The van der Waals surface area contributed by atoms with Crippen LogP contribution in [0, 0.1) is 6.92 Å². The third kappa shape index (κ3) is 4.28. The normalized spacial score (nSPS) is 13.7. The second-order valence-electron chi connectivity index (χ2n) is 9.25. The van der Waals surface area contributed by atoms with Crippen LogP contribution in [-0.2, 0) is 21.9 Å². The summed E-state index contributed by atoms with van der Waals surface area (Å²) < 4.78 is 28.8. The highest BCUT2D eigenvalue weighted by Gasteiger charge is 2.25. The first-order valence-corrected chi connectivity index (χ1v) is 12.2. The smallest absolute Gasteiger partial charge is 0.262 e. The largest absolute Gasteiger partial charge is 0.308 e. The third-order valence-electron chi connectivity index (χ3n) is 5.86. The summed E-state index contributed by atoms with van der Waals surface area (Å²) in [6.07, 6.45) is 0.840. The van der Waals surface area contributed by atoms with Gasteiger partial charge in [-0.1, -0.05) is 51.1 Å². The Balaban J connectivity index is 1.55. The molecule has 3 aromatic rings. The summed E-state index contributed by atoms with van der Waals surface area (Å²) in [6.45, 7) is 8.59. The van der Waals surface area contributed by atoms with Gasteiger partial charge in [-0.3, -0.25) is 9.52 Å². The fourth-order valence-corrected chi connectivity index (χ4v) is 5.28. The number of hydrogen-bond acceptors (Lipinski definition) is 3. The Morgan fingerprint density at radius 1 is 0.969 bits per heavy atom. The van der Waals surface area contributed by atoms with Crippen molar-refractivity contribution in [2.75, 3.05) is 16.2 Å². The molecule has 4 rings (SSSR count). The van der Waals surface area contributed by atoms with Crippen molar-refractivity contribution in [1.29, 1.82) is 0 Å². The minimum atomic E-state index is -3.76. The second-order valence-corrected chi connectivity index (χ2v) is 10.9. The Morgan fingerprint density at radius 3 is 2.34 bits per heavy atom. The summed E-state index contributed by atoms with van der Waals surface area (Å²) in [5.74, 6) is -0.0851. The predicted molar refractivity (Wildman–Crippen MR) is 129 cm³/mol. The quantitative estimate of drug-likeness (QED) is 0.589. The fraction of sp³-hybridized carbons (Fsp3) is 0.269. The zero-order valence-electron chi connectivity index (χ0n) is 18.8. The van der Waals surface area contributed by atoms with Gasteiger partial charge in [0, 0.05) is 23.5 Å². The van der Waals surface area contributed by atoms with Crippen molar-refractivity contribution in [3.63, 3.8) is 0 Å². The molecule has 0 atom stereocenters. The first kappa shape index (κ1) is 22.1. The van der Waals surface area contributed by atoms with Gasteiger partial charge in [0.2, 0.25) is 0 Å². The van der Waals surface area contributed by atoms with Crippen molar-refractivity contribution in [1.82, 2.24) is 0 Å². The molecule has 0 unspecified atom stereocenters. The van der Waals surface area contributed by atoms with Gasteiger partial charge >= 0.3 is 0 Å². The van der Waals surface area contributed by atoms with Crippen LogP contribution in [0.3, 0.4) is 0 Å². The first-order valence-electron chi connectivity index (χ1n) is 10.7. The van der Waals surface area contributed by atoms with Gasteiger partial charge in [-0.2, -0.15) is 0 Å². The summed E-state index contributed by atoms with van der Waals surface area (Å²) in [5, 5.41) is 0. The number of hydrogen-bond donors (Lipinski definition) is 1. The lowest BCUT2D eigenvalue weighted by Crippen LogP contribution is -2.28. The molecule has 1 N–H and O–H groups in total. The SMILES string of the molecule is Cc1ccc(C(C)(C)C)cc1S(=O)(=O)Nc1ccc(C(=O)N2CCc3ccccc32)cc1. The lowest BCUT2D eigenvalue weighted by molar-refractivity contribution is 0.0989. The Morgan fingerprint density at radius 2 is 1.66 bits per heavy atom. The van der Waals surface area contributed by atoms with E-state index in [2.05, 4.69) is 25.5 Å². The van der Waals surface area contributed by atoms with E-state index in [4.69, 9.17) is 0 Å². The summed E-state index contributed by atoms with van der Waals surface area (Å²) in [6, 6.07) is 20.0. The summed E-state index contributed by atoms with van der Waals surface area (Å²) in [7, 11) is -3.76. The molecule has 3 aromatic carbocycles. The van der Waals surface area contributed by atoms with E-state index < -0.39 is 10.0 Å². The summed E-state index contributed by atoms with van der Waals surface area (Å²) >= 11 is 0. The molecule has 5 nitrogen and oxygen atoms in total. The van der Waals surface area contributed by atoms with Gasteiger partial charge in [-0.05, 0) is 71.8 Å². The van der Waals surface area contributed by atoms with Crippen LogP contribution in [0.4, 0.5) is 11.4 Å². The monoisotopic (exact) mass is 448 g/mol.